The second-order valence-corrected chi connectivity index (χ2v) is 7.88. The van der Waals surface area contributed by atoms with Gasteiger partial charge in [-0.15, -0.1) is 0 Å². The predicted octanol–water partition coefficient (Wildman–Crippen LogP) is 2.08. The summed E-state index contributed by atoms with van der Waals surface area (Å²) in [5.74, 6) is 1.17. The third-order valence-electron chi connectivity index (χ3n) is 5.53. The van der Waals surface area contributed by atoms with Crippen LogP contribution in [0.4, 0.5) is 5.69 Å². The van der Waals surface area contributed by atoms with Crippen molar-refractivity contribution >= 4 is 29.5 Å². The van der Waals surface area contributed by atoms with Gasteiger partial charge in [0, 0.05) is 36.5 Å². The summed E-state index contributed by atoms with van der Waals surface area (Å²) in [5, 5.41) is 5.38. The van der Waals surface area contributed by atoms with Crippen molar-refractivity contribution in [2.75, 3.05) is 52.6 Å². The monoisotopic (exact) mass is 497 g/mol. The molecule has 0 aromatic heterocycles. The van der Waals surface area contributed by atoms with Crippen LogP contribution in [0.2, 0.25) is 0 Å². The quantitative estimate of drug-likeness (QED) is 0.524. The van der Waals surface area contributed by atoms with Crippen molar-refractivity contribution in [2.24, 2.45) is 0 Å². The number of ether oxygens (including phenoxy) is 5. The molecule has 0 unspecified atom stereocenters. The first-order chi connectivity index (χ1) is 17.5. The molecule has 0 atom stereocenters. The zero-order valence-electron chi connectivity index (χ0n) is 20.0. The smallest absolute Gasteiger partial charge is 0.267 e. The van der Waals surface area contributed by atoms with Crippen LogP contribution in [0, 0.1) is 0 Å². The van der Waals surface area contributed by atoms with Gasteiger partial charge in [0.05, 0.1) is 14.2 Å². The predicted molar refractivity (Wildman–Crippen MR) is 129 cm³/mol. The number of fused-ring (bicyclic) bond motifs is 1. The molecule has 11 nitrogen and oxygen atoms in total. The van der Waals surface area contributed by atoms with Crippen LogP contribution in [0.1, 0.15) is 12.0 Å². The van der Waals surface area contributed by atoms with E-state index in [1.54, 1.807) is 49.6 Å². The van der Waals surface area contributed by atoms with Crippen LogP contribution in [-0.4, -0.2) is 75.1 Å². The van der Waals surface area contributed by atoms with E-state index in [2.05, 4.69) is 5.32 Å². The van der Waals surface area contributed by atoms with Crippen molar-refractivity contribution in [3.8, 4) is 23.0 Å². The third kappa shape index (κ3) is 5.87. The summed E-state index contributed by atoms with van der Waals surface area (Å²) in [5.41, 5.74) is 1.19. The Balaban J connectivity index is 1.27. The van der Waals surface area contributed by atoms with E-state index in [-0.39, 0.29) is 25.9 Å². The van der Waals surface area contributed by atoms with Crippen molar-refractivity contribution in [3.63, 3.8) is 0 Å². The fourth-order valence-corrected chi connectivity index (χ4v) is 3.79. The Labute approximate surface area is 208 Å². The fourth-order valence-electron chi connectivity index (χ4n) is 3.79. The van der Waals surface area contributed by atoms with E-state index in [1.807, 2.05) is 0 Å². The molecule has 11 heteroatoms. The van der Waals surface area contributed by atoms with Gasteiger partial charge in [0.25, 0.3) is 11.8 Å². The van der Waals surface area contributed by atoms with Gasteiger partial charge >= 0.3 is 0 Å². The number of nitrogens with one attached hydrogen (secondary N) is 1. The molecule has 4 rings (SSSR count). The number of carbonyl (C=O) groups is 3. The highest BCUT2D eigenvalue weighted by Gasteiger charge is 2.29. The van der Waals surface area contributed by atoms with Crippen LogP contribution >= 0.6 is 0 Å². The molecule has 0 aliphatic carbocycles. The molecule has 2 aliphatic rings. The third-order valence-corrected chi connectivity index (χ3v) is 5.53. The lowest BCUT2D eigenvalue weighted by atomic mass is 10.1. The van der Waals surface area contributed by atoms with Gasteiger partial charge in [0.2, 0.25) is 12.7 Å². The van der Waals surface area contributed by atoms with Crippen molar-refractivity contribution in [3.05, 3.63) is 48.0 Å². The lowest BCUT2D eigenvalue weighted by molar-refractivity contribution is -0.158. The molecule has 0 bridgehead atoms. The summed E-state index contributed by atoms with van der Waals surface area (Å²) in [6, 6.07) is 10.3. The lowest BCUT2D eigenvalue weighted by Crippen LogP contribution is -2.45. The maximum absolute atomic E-state index is 12.8. The Morgan fingerprint density at radius 2 is 1.78 bits per heavy atom. The first-order valence-corrected chi connectivity index (χ1v) is 11.3. The van der Waals surface area contributed by atoms with Gasteiger partial charge in [0.15, 0.2) is 11.5 Å². The maximum atomic E-state index is 12.8. The molecule has 3 amide bonds. The highest BCUT2D eigenvalue weighted by Crippen LogP contribution is 2.34. The molecule has 0 radical (unpaired) electrons. The van der Waals surface area contributed by atoms with Crippen LogP contribution in [0.25, 0.3) is 6.08 Å². The minimum Gasteiger partial charge on any atom is -0.497 e. The summed E-state index contributed by atoms with van der Waals surface area (Å²) in [6.07, 6.45) is 3.63. The van der Waals surface area contributed by atoms with E-state index in [1.165, 1.54) is 23.2 Å². The molecule has 36 heavy (non-hydrogen) atoms. The number of amides is 3. The zero-order chi connectivity index (χ0) is 25.5. The normalized spacial score (nSPS) is 14.3. The Bertz CT molecular complexity index is 1170. The van der Waals surface area contributed by atoms with E-state index >= 15 is 0 Å². The van der Waals surface area contributed by atoms with Gasteiger partial charge < -0.3 is 29.0 Å². The number of carbonyl (C=O) groups excluding carboxylic acids is 3. The SMILES string of the molecule is COc1ccc(OC)c(/C=C/C(=O)N2CCCN2C(=O)COCC(=O)Nc2ccc3c(c2)OCO3)c1. The molecule has 1 fully saturated rings. The highest BCUT2D eigenvalue weighted by atomic mass is 16.7. The summed E-state index contributed by atoms with van der Waals surface area (Å²) in [6.45, 7) is 0.255. The second kappa shape index (κ2) is 11.5. The number of hydrazine groups is 1. The van der Waals surface area contributed by atoms with Gasteiger partial charge in [-0.2, -0.15) is 0 Å². The molecule has 0 saturated carbocycles. The van der Waals surface area contributed by atoms with Crippen LogP contribution in [-0.2, 0) is 19.1 Å². The standard InChI is InChI=1S/C25H27N3O8/c1-32-19-6-8-20(33-2)17(12-19)4-9-24(30)27-10-3-11-28(27)25(31)15-34-14-23(29)26-18-5-7-21-22(13-18)36-16-35-21/h4-9,12-13H,3,10-11,14-16H2,1-2H3,(H,26,29)/b9-4+. The molecule has 2 aromatic rings. The average molecular weight is 498 g/mol. The summed E-state index contributed by atoms with van der Waals surface area (Å²) in [4.78, 5) is 37.7. The first kappa shape index (κ1) is 24.9. The molecule has 0 spiro atoms. The Kier molecular flexibility index (Phi) is 7.91. The maximum Gasteiger partial charge on any atom is 0.267 e. The Morgan fingerprint density at radius 3 is 2.58 bits per heavy atom. The molecular weight excluding hydrogens is 470 g/mol. The number of hydrogen-bond acceptors (Lipinski definition) is 8. The van der Waals surface area contributed by atoms with Gasteiger partial charge in [0.1, 0.15) is 24.7 Å². The van der Waals surface area contributed by atoms with Gasteiger partial charge in [-0.1, -0.05) is 0 Å². The lowest BCUT2D eigenvalue weighted by Gasteiger charge is -2.26. The molecule has 2 heterocycles. The zero-order valence-corrected chi connectivity index (χ0v) is 20.0. The number of hydrogen-bond donors (Lipinski definition) is 1. The molecule has 2 aliphatic heterocycles. The van der Waals surface area contributed by atoms with E-state index in [4.69, 9.17) is 23.7 Å². The molecule has 190 valence electrons. The Morgan fingerprint density at radius 1 is 0.972 bits per heavy atom. The Hall–Kier alpha value is -4.25. The molecular formula is C25H27N3O8. The van der Waals surface area contributed by atoms with E-state index in [0.29, 0.717) is 53.8 Å². The van der Waals surface area contributed by atoms with Crippen molar-refractivity contribution in [1.82, 2.24) is 10.0 Å². The van der Waals surface area contributed by atoms with E-state index in [9.17, 15) is 14.4 Å². The van der Waals surface area contributed by atoms with Crippen LogP contribution in [0.5, 0.6) is 23.0 Å². The van der Waals surface area contributed by atoms with E-state index < -0.39 is 11.8 Å². The number of methoxy groups -OCH3 is 2. The van der Waals surface area contributed by atoms with Crippen molar-refractivity contribution in [2.45, 2.75) is 6.42 Å². The van der Waals surface area contributed by atoms with Crippen LogP contribution in [0.15, 0.2) is 42.5 Å². The van der Waals surface area contributed by atoms with Crippen molar-refractivity contribution < 1.29 is 38.1 Å². The number of anilines is 1. The van der Waals surface area contributed by atoms with Crippen molar-refractivity contribution in [1.29, 1.82) is 0 Å². The molecule has 1 saturated heterocycles. The minimum atomic E-state index is -0.425. The largest absolute Gasteiger partial charge is 0.497 e. The highest BCUT2D eigenvalue weighted by molar-refractivity contribution is 5.94. The molecule has 1 N–H and O–H groups in total. The number of benzene rings is 2. The van der Waals surface area contributed by atoms with E-state index in [0.717, 1.165) is 0 Å². The van der Waals surface area contributed by atoms with Crippen LogP contribution in [0.3, 0.4) is 0 Å². The number of rotatable bonds is 9. The first-order valence-electron chi connectivity index (χ1n) is 11.3. The summed E-state index contributed by atoms with van der Waals surface area (Å²) < 4.78 is 26.4. The summed E-state index contributed by atoms with van der Waals surface area (Å²) in [7, 11) is 3.09. The van der Waals surface area contributed by atoms with Crippen LogP contribution < -0.4 is 24.3 Å². The second-order valence-electron chi connectivity index (χ2n) is 7.88. The number of nitrogens with zero attached hydrogens (tertiary/aromatic N) is 2. The van der Waals surface area contributed by atoms with Gasteiger partial charge in [-0.3, -0.25) is 14.4 Å². The van der Waals surface area contributed by atoms with Gasteiger partial charge in [-0.25, -0.2) is 10.0 Å². The molecule has 2 aromatic carbocycles. The average Bonchev–Trinajstić information content (AvgIpc) is 3.56. The topological polar surface area (TPSA) is 116 Å². The fraction of sp³-hybridized carbons (Fsp3) is 0.320. The minimum absolute atomic E-state index is 0.138. The van der Waals surface area contributed by atoms with Gasteiger partial charge in [-0.05, 0) is 42.8 Å². The summed E-state index contributed by atoms with van der Waals surface area (Å²) >= 11 is 0.